The van der Waals surface area contributed by atoms with Crippen molar-refractivity contribution in [1.82, 2.24) is 5.32 Å². The van der Waals surface area contributed by atoms with Crippen LogP contribution < -0.4 is 5.32 Å². The summed E-state index contributed by atoms with van der Waals surface area (Å²) >= 11 is 0. The molecule has 2 atom stereocenters. The van der Waals surface area contributed by atoms with Crippen LogP contribution in [0, 0.1) is 5.92 Å². The molecule has 0 amide bonds. The van der Waals surface area contributed by atoms with Gasteiger partial charge in [-0.2, -0.15) is 0 Å². The summed E-state index contributed by atoms with van der Waals surface area (Å²) in [6.07, 6.45) is 4.86. The zero-order chi connectivity index (χ0) is 13.1. The van der Waals surface area contributed by atoms with E-state index < -0.39 is 10.3 Å². The van der Waals surface area contributed by atoms with Crippen LogP contribution in [0.25, 0.3) is 0 Å². The Kier molecular flexibility index (Phi) is 10.4. The highest BCUT2D eigenvalue weighted by Gasteiger charge is 2.16. The van der Waals surface area contributed by atoms with Crippen LogP contribution in [0.1, 0.15) is 53.4 Å². The van der Waals surface area contributed by atoms with Gasteiger partial charge in [-0.15, -0.1) is 10.3 Å². The fourth-order valence-electron chi connectivity index (χ4n) is 2.14. The molecule has 0 bridgehead atoms. The van der Waals surface area contributed by atoms with Gasteiger partial charge in [0.15, 0.2) is 0 Å². The van der Waals surface area contributed by atoms with Gasteiger partial charge in [0.1, 0.15) is 0 Å². The Morgan fingerprint density at radius 2 is 1.82 bits per heavy atom. The molecule has 0 heterocycles. The van der Waals surface area contributed by atoms with E-state index in [9.17, 15) is 4.55 Å². The fourth-order valence-corrected chi connectivity index (χ4v) is 4.39. The Hall–Kier alpha value is 0.270. The Bertz CT molecular complexity index is 178. The molecule has 106 valence electrons. The Morgan fingerprint density at radius 3 is 2.35 bits per heavy atom. The van der Waals surface area contributed by atoms with Gasteiger partial charge in [0.05, 0.1) is 0 Å². The summed E-state index contributed by atoms with van der Waals surface area (Å²) in [7, 11) is -1.26. The Morgan fingerprint density at radius 1 is 1.12 bits per heavy atom. The molecule has 0 radical (unpaired) electrons. The third-order valence-electron chi connectivity index (χ3n) is 3.41. The van der Waals surface area contributed by atoms with Crippen molar-refractivity contribution in [2.45, 2.75) is 53.4 Å². The second-order valence-electron chi connectivity index (χ2n) is 5.09. The maximum Gasteiger partial charge on any atom is -0.00124 e. The van der Waals surface area contributed by atoms with E-state index in [2.05, 4.69) is 33.0 Å². The van der Waals surface area contributed by atoms with E-state index in [0.717, 1.165) is 42.7 Å². The lowest BCUT2D eigenvalue weighted by Gasteiger charge is -2.33. The van der Waals surface area contributed by atoms with Crippen molar-refractivity contribution in [3.8, 4) is 0 Å². The molecule has 2 nitrogen and oxygen atoms in total. The van der Waals surface area contributed by atoms with Crippen LogP contribution in [-0.2, 0) is 0 Å². The third-order valence-corrected chi connectivity index (χ3v) is 6.70. The van der Waals surface area contributed by atoms with Gasteiger partial charge in [-0.1, -0.05) is 27.7 Å². The molecule has 17 heavy (non-hydrogen) atoms. The van der Waals surface area contributed by atoms with Gasteiger partial charge in [-0.25, -0.2) is 0 Å². The minimum absolute atomic E-state index is 0.788. The summed E-state index contributed by atoms with van der Waals surface area (Å²) in [5, 5.41) is 3.37. The summed E-state index contributed by atoms with van der Waals surface area (Å²) < 4.78 is 10.4. The summed E-state index contributed by atoms with van der Waals surface area (Å²) in [6.45, 7) is 11.0. The average molecular weight is 263 g/mol. The van der Waals surface area contributed by atoms with Crippen LogP contribution in [0.2, 0.25) is 0 Å². The number of rotatable bonds is 11. The maximum atomic E-state index is 10.4. The van der Waals surface area contributed by atoms with Gasteiger partial charge in [0, 0.05) is 0 Å². The van der Waals surface area contributed by atoms with Crippen LogP contribution in [0.15, 0.2) is 0 Å². The van der Waals surface area contributed by atoms with Crippen molar-refractivity contribution < 1.29 is 4.55 Å². The molecule has 0 spiro atoms. The third kappa shape index (κ3) is 8.92. The van der Waals surface area contributed by atoms with Crippen LogP contribution in [-0.4, -0.2) is 34.9 Å². The topological polar surface area (TPSA) is 32.3 Å². The van der Waals surface area contributed by atoms with E-state index in [4.69, 9.17) is 0 Å². The zero-order valence-corrected chi connectivity index (χ0v) is 13.1. The summed E-state index contributed by atoms with van der Waals surface area (Å²) in [5.41, 5.74) is 0. The van der Waals surface area contributed by atoms with Crippen molar-refractivity contribution in [3.63, 3.8) is 0 Å². The summed E-state index contributed by atoms with van der Waals surface area (Å²) in [6, 6.07) is 0. The van der Waals surface area contributed by atoms with Crippen LogP contribution in [0.3, 0.4) is 0 Å². The number of hydrogen-bond acceptors (Lipinski definition) is 2. The van der Waals surface area contributed by atoms with Crippen molar-refractivity contribution in [3.05, 3.63) is 0 Å². The van der Waals surface area contributed by atoms with Gasteiger partial charge in [0.2, 0.25) is 0 Å². The number of nitrogens with one attached hydrogen (secondary N) is 1. The van der Waals surface area contributed by atoms with Gasteiger partial charge in [-0.3, -0.25) is 0 Å². The predicted molar refractivity (Wildman–Crippen MR) is 82.3 cm³/mol. The second kappa shape index (κ2) is 10.2. The normalized spacial score (nSPS) is 18.6. The minimum Gasteiger partial charge on any atom is -0.351 e. The minimum atomic E-state index is -1.26. The molecular weight excluding hydrogens is 230 g/mol. The van der Waals surface area contributed by atoms with E-state index >= 15 is 0 Å². The van der Waals surface area contributed by atoms with Crippen molar-refractivity contribution in [2.75, 3.05) is 30.3 Å². The van der Waals surface area contributed by atoms with E-state index in [0.29, 0.717) is 0 Å². The summed E-state index contributed by atoms with van der Waals surface area (Å²) in [5.74, 6) is 3.86. The number of hydrogen-bond donors (Lipinski definition) is 2. The second-order valence-corrected chi connectivity index (χ2v) is 8.48. The molecule has 2 N–H and O–H groups in total. The largest absolute Gasteiger partial charge is 0.351 e. The summed E-state index contributed by atoms with van der Waals surface area (Å²) in [4.78, 5) is 0. The maximum absolute atomic E-state index is 10.4. The van der Waals surface area contributed by atoms with E-state index in [1.807, 2.05) is 0 Å². The highest BCUT2D eigenvalue weighted by Crippen LogP contribution is 2.44. The molecule has 0 aromatic heterocycles. The molecule has 0 rings (SSSR count). The predicted octanol–water partition coefficient (Wildman–Crippen LogP) is 4.11. The molecule has 0 fully saturated rings. The van der Waals surface area contributed by atoms with E-state index in [1.54, 1.807) is 0 Å². The molecular formula is C14H33NOS. The quantitative estimate of drug-likeness (QED) is 0.550. The highest BCUT2D eigenvalue weighted by atomic mass is 32.3. The fraction of sp³-hybridized carbons (Fsp3) is 1.00. The molecule has 0 saturated carbocycles. The molecule has 0 aliphatic carbocycles. The van der Waals surface area contributed by atoms with Crippen LogP contribution >= 0.6 is 10.3 Å². The van der Waals surface area contributed by atoms with Gasteiger partial charge in [0.25, 0.3) is 0 Å². The highest BCUT2D eigenvalue weighted by molar-refractivity contribution is 8.29. The first-order valence-electron chi connectivity index (χ1n) is 7.27. The molecule has 0 aliphatic rings. The molecule has 0 aliphatic heterocycles. The average Bonchev–Trinajstić information content (AvgIpc) is 2.30. The molecule has 3 heteroatoms. The zero-order valence-electron chi connectivity index (χ0n) is 12.3. The molecule has 0 aromatic rings. The van der Waals surface area contributed by atoms with Gasteiger partial charge in [-0.05, 0) is 61.9 Å². The first kappa shape index (κ1) is 17.3. The van der Waals surface area contributed by atoms with Gasteiger partial charge >= 0.3 is 0 Å². The lowest BCUT2D eigenvalue weighted by atomic mass is 10.0. The molecule has 0 saturated heterocycles. The SMILES string of the molecule is CCCS(O)(CC)CCCC(C)CCNCC. The smallest absolute Gasteiger partial charge is 0.00124 e. The first-order chi connectivity index (χ1) is 8.08. The van der Waals surface area contributed by atoms with E-state index in [1.165, 1.54) is 19.3 Å². The van der Waals surface area contributed by atoms with E-state index in [-0.39, 0.29) is 0 Å². The molecule has 0 aromatic carbocycles. The lowest BCUT2D eigenvalue weighted by Crippen LogP contribution is -2.17. The monoisotopic (exact) mass is 263 g/mol. The first-order valence-corrected chi connectivity index (χ1v) is 9.37. The van der Waals surface area contributed by atoms with Crippen molar-refractivity contribution >= 4 is 10.3 Å². The van der Waals surface area contributed by atoms with Gasteiger partial charge < -0.3 is 9.87 Å². The van der Waals surface area contributed by atoms with Crippen molar-refractivity contribution in [1.29, 1.82) is 0 Å². The van der Waals surface area contributed by atoms with Crippen LogP contribution in [0.4, 0.5) is 0 Å². The standard InChI is InChI=1S/C14H33NOS/c1-5-12-17(16,7-3)13-8-9-14(4)10-11-15-6-2/h14-16H,5-13H2,1-4H3. The Labute approximate surface area is 110 Å². The Balaban J connectivity index is 3.65. The molecule has 2 unspecified atom stereocenters. The lowest BCUT2D eigenvalue weighted by molar-refractivity contribution is 0.468. The van der Waals surface area contributed by atoms with Crippen LogP contribution in [0.5, 0.6) is 0 Å². The van der Waals surface area contributed by atoms with Crippen molar-refractivity contribution in [2.24, 2.45) is 5.92 Å².